The van der Waals surface area contributed by atoms with Crippen LogP contribution in [0.5, 0.6) is 0 Å². The van der Waals surface area contributed by atoms with E-state index in [2.05, 4.69) is 20.5 Å². The lowest BCUT2D eigenvalue weighted by Gasteiger charge is -2.01. The van der Waals surface area contributed by atoms with Crippen LogP contribution in [0.4, 0.5) is 0 Å². The minimum Gasteiger partial charge on any atom is -0.316 e. The van der Waals surface area contributed by atoms with Crippen LogP contribution in [-0.4, -0.2) is 28.3 Å². The molecule has 3 rings (SSSR count). The van der Waals surface area contributed by atoms with Crippen LogP contribution in [0.2, 0.25) is 5.02 Å². The first-order valence-electron chi connectivity index (χ1n) is 5.72. The highest BCUT2D eigenvalue weighted by Crippen LogP contribution is 2.22. The number of H-pyrrole nitrogens is 1. The number of aromatic amines is 1. The molecule has 0 spiro atoms. The van der Waals surface area contributed by atoms with E-state index in [0.29, 0.717) is 5.92 Å². The third kappa shape index (κ3) is 2.18. The number of nitrogens with zero attached hydrogens (tertiary/aromatic N) is 2. The molecule has 1 unspecified atom stereocenters. The van der Waals surface area contributed by atoms with E-state index in [-0.39, 0.29) is 0 Å². The fraction of sp³-hybridized carbons (Fsp3) is 0.333. The van der Waals surface area contributed by atoms with Gasteiger partial charge in [-0.2, -0.15) is 5.10 Å². The summed E-state index contributed by atoms with van der Waals surface area (Å²) in [5, 5.41) is 11.3. The maximum atomic E-state index is 5.85. The maximum absolute atomic E-state index is 5.85. The Bertz CT molecular complexity index is 499. The molecule has 2 aromatic rings. The van der Waals surface area contributed by atoms with Crippen LogP contribution >= 0.6 is 11.6 Å². The van der Waals surface area contributed by atoms with Gasteiger partial charge in [0.2, 0.25) is 0 Å². The highest BCUT2D eigenvalue weighted by Gasteiger charge is 2.20. The number of aromatic nitrogens is 3. The van der Waals surface area contributed by atoms with Gasteiger partial charge >= 0.3 is 0 Å². The summed E-state index contributed by atoms with van der Waals surface area (Å²) in [6.45, 7) is 2.04. The molecule has 4 nitrogen and oxygen atoms in total. The lowest BCUT2D eigenvalue weighted by molar-refractivity contribution is 0.706. The summed E-state index contributed by atoms with van der Waals surface area (Å²) in [6, 6.07) is 7.57. The minimum atomic E-state index is 0.462. The minimum absolute atomic E-state index is 0.462. The van der Waals surface area contributed by atoms with Gasteiger partial charge in [-0.1, -0.05) is 11.6 Å². The Labute approximate surface area is 104 Å². The molecule has 1 atom stereocenters. The first kappa shape index (κ1) is 10.7. The molecule has 1 aromatic carbocycles. The van der Waals surface area contributed by atoms with Crippen molar-refractivity contribution in [1.29, 1.82) is 0 Å². The number of hydrogen-bond acceptors (Lipinski definition) is 3. The Morgan fingerprint density at radius 2 is 2.06 bits per heavy atom. The van der Waals surface area contributed by atoms with Crippen molar-refractivity contribution in [3.8, 4) is 11.4 Å². The van der Waals surface area contributed by atoms with Crippen LogP contribution in [0.3, 0.4) is 0 Å². The summed E-state index contributed by atoms with van der Waals surface area (Å²) >= 11 is 5.85. The molecule has 0 amide bonds. The molecule has 1 saturated heterocycles. The fourth-order valence-corrected chi connectivity index (χ4v) is 2.20. The normalized spacial score (nSPS) is 19.7. The number of hydrogen-bond donors (Lipinski definition) is 2. The molecular weight excluding hydrogens is 236 g/mol. The van der Waals surface area contributed by atoms with Crippen molar-refractivity contribution in [2.45, 2.75) is 12.3 Å². The number of halogens is 1. The van der Waals surface area contributed by atoms with Crippen molar-refractivity contribution in [2.75, 3.05) is 13.1 Å². The second kappa shape index (κ2) is 4.47. The van der Waals surface area contributed by atoms with Crippen molar-refractivity contribution in [1.82, 2.24) is 20.5 Å². The molecular formula is C12H13ClN4. The van der Waals surface area contributed by atoms with E-state index in [1.807, 2.05) is 24.3 Å². The van der Waals surface area contributed by atoms with Crippen LogP contribution in [0.1, 0.15) is 18.2 Å². The molecule has 1 aromatic heterocycles. The first-order valence-corrected chi connectivity index (χ1v) is 6.10. The van der Waals surface area contributed by atoms with E-state index in [0.717, 1.165) is 41.7 Å². The Hall–Kier alpha value is -1.39. The van der Waals surface area contributed by atoms with Crippen LogP contribution in [0.25, 0.3) is 11.4 Å². The molecule has 0 bridgehead atoms. The molecule has 0 saturated carbocycles. The van der Waals surface area contributed by atoms with Gasteiger partial charge in [0.25, 0.3) is 0 Å². The smallest absolute Gasteiger partial charge is 0.181 e. The van der Waals surface area contributed by atoms with Gasteiger partial charge in [-0.25, -0.2) is 4.98 Å². The second-order valence-corrected chi connectivity index (χ2v) is 4.68. The van der Waals surface area contributed by atoms with E-state index in [1.165, 1.54) is 0 Å². The molecule has 88 valence electrons. The summed E-state index contributed by atoms with van der Waals surface area (Å²) in [6.07, 6.45) is 1.12. The first-order chi connectivity index (χ1) is 8.33. The van der Waals surface area contributed by atoms with E-state index >= 15 is 0 Å². The molecule has 17 heavy (non-hydrogen) atoms. The average Bonchev–Trinajstić information content (AvgIpc) is 3.00. The van der Waals surface area contributed by atoms with E-state index < -0.39 is 0 Å². The number of nitrogens with one attached hydrogen (secondary N) is 2. The molecule has 2 N–H and O–H groups in total. The standard InChI is InChI=1S/C12H13ClN4/c13-10-3-1-8(2-4-10)11-15-12(17-16-11)9-5-6-14-7-9/h1-4,9,14H,5-7H2,(H,15,16,17). The van der Waals surface area contributed by atoms with Crippen LogP contribution in [0.15, 0.2) is 24.3 Å². The fourth-order valence-electron chi connectivity index (χ4n) is 2.07. The largest absolute Gasteiger partial charge is 0.316 e. The topological polar surface area (TPSA) is 53.6 Å². The molecule has 2 heterocycles. The molecule has 0 aliphatic carbocycles. The van der Waals surface area contributed by atoms with Crippen molar-refractivity contribution in [3.63, 3.8) is 0 Å². The summed E-state index contributed by atoms with van der Waals surface area (Å²) < 4.78 is 0. The SMILES string of the molecule is Clc1ccc(-c2n[nH]c(C3CCNC3)n2)cc1. The zero-order chi connectivity index (χ0) is 11.7. The Morgan fingerprint density at radius 1 is 1.24 bits per heavy atom. The summed E-state index contributed by atoms with van der Waals surface area (Å²) in [5.74, 6) is 2.17. The summed E-state index contributed by atoms with van der Waals surface area (Å²) in [5.41, 5.74) is 0.989. The van der Waals surface area contributed by atoms with Crippen molar-refractivity contribution < 1.29 is 0 Å². The highest BCUT2D eigenvalue weighted by atomic mass is 35.5. The second-order valence-electron chi connectivity index (χ2n) is 4.24. The predicted octanol–water partition coefficient (Wildman–Crippen LogP) is 2.20. The summed E-state index contributed by atoms with van der Waals surface area (Å²) in [7, 11) is 0. The number of rotatable bonds is 2. The lowest BCUT2D eigenvalue weighted by atomic mass is 10.1. The molecule has 5 heteroatoms. The van der Waals surface area contributed by atoms with Crippen LogP contribution in [0, 0.1) is 0 Å². The summed E-state index contributed by atoms with van der Waals surface area (Å²) in [4.78, 5) is 4.54. The highest BCUT2D eigenvalue weighted by molar-refractivity contribution is 6.30. The molecule has 1 aliphatic heterocycles. The Morgan fingerprint density at radius 3 is 2.76 bits per heavy atom. The Kier molecular flexibility index (Phi) is 2.82. The van der Waals surface area contributed by atoms with Crippen molar-refractivity contribution >= 4 is 11.6 Å². The lowest BCUT2D eigenvalue weighted by Crippen LogP contribution is -2.08. The molecule has 0 radical (unpaired) electrons. The Balaban J connectivity index is 1.86. The monoisotopic (exact) mass is 248 g/mol. The van der Waals surface area contributed by atoms with E-state index in [4.69, 9.17) is 11.6 Å². The average molecular weight is 249 g/mol. The van der Waals surface area contributed by atoms with E-state index in [9.17, 15) is 0 Å². The predicted molar refractivity (Wildman–Crippen MR) is 67.1 cm³/mol. The maximum Gasteiger partial charge on any atom is 0.181 e. The molecule has 1 fully saturated rings. The van der Waals surface area contributed by atoms with Crippen LogP contribution < -0.4 is 5.32 Å². The van der Waals surface area contributed by atoms with Crippen molar-refractivity contribution in [2.24, 2.45) is 0 Å². The molecule has 1 aliphatic rings. The zero-order valence-corrected chi connectivity index (χ0v) is 10.0. The zero-order valence-electron chi connectivity index (χ0n) is 9.28. The van der Waals surface area contributed by atoms with Gasteiger partial charge in [0.1, 0.15) is 5.82 Å². The van der Waals surface area contributed by atoms with Gasteiger partial charge in [-0.3, -0.25) is 5.10 Å². The number of benzene rings is 1. The quantitative estimate of drug-likeness (QED) is 0.857. The van der Waals surface area contributed by atoms with E-state index in [1.54, 1.807) is 0 Å². The van der Waals surface area contributed by atoms with Gasteiger partial charge < -0.3 is 5.32 Å². The van der Waals surface area contributed by atoms with Crippen molar-refractivity contribution in [3.05, 3.63) is 35.1 Å². The van der Waals surface area contributed by atoms with Gasteiger partial charge in [0.15, 0.2) is 5.82 Å². The van der Waals surface area contributed by atoms with Gasteiger partial charge in [0, 0.05) is 23.0 Å². The third-order valence-electron chi connectivity index (χ3n) is 3.05. The van der Waals surface area contributed by atoms with Gasteiger partial charge in [-0.15, -0.1) is 0 Å². The van der Waals surface area contributed by atoms with Gasteiger partial charge in [-0.05, 0) is 37.2 Å². The van der Waals surface area contributed by atoms with Crippen LogP contribution in [-0.2, 0) is 0 Å². The third-order valence-corrected chi connectivity index (χ3v) is 3.30. The van der Waals surface area contributed by atoms with Gasteiger partial charge in [0.05, 0.1) is 0 Å².